The van der Waals surface area contributed by atoms with E-state index in [9.17, 15) is 4.79 Å². The molecule has 1 aromatic heterocycles. The maximum atomic E-state index is 12.2. The zero-order valence-corrected chi connectivity index (χ0v) is 12.8. The fraction of sp³-hybridized carbons (Fsp3) is 0.286. The van der Waals surface area contributed by atoms with Crippen molar-refractivity contribution in [2.45, 2.75) is 12.3 Å². The molecule has 1 aliphatic rings. The van der Waals surface area contributed by atoms with Crippen molar-refractivity contribution in [1.29, 1.82) is 0 Å². The molecule has 6 heteroatoms. The van der Waals surface area contributed by atoms with Gasteiger partial charge in [-0.1, -0.05) is 12.1 Å². The highest BCUT2D eigenvalue weighted by Gasteiger charge is 2.35. The van der Waals surface area contributed by atoms with Crippen LogP contribution in [0, 0.1) is 6.92 Å². The summed E-state index contributed by atoms with van der Waals surface area (Å²) in [5.41, 5.74) is 1.06. The Morgan fingerprint density at radius 2 is 2.30 bits per heavy atom. The number of thiazole rings is 1. The van der Waals surface area contributed by atoms with Crippen molar-refractivity contribution >= 4 is 34.1 Å². The van der Waals surface area contributed by atoms with Gasteiger partial charge in [0, 0.05) is 11.1 Å². The van der Waals surface area contributed by atoms with Gasteiger partial charge in [-0.3, -0.25) is 9.69 Å². The number of ether oxygens (including phenoxy) is 1. The van der Waals surface area contributed by atoms with Gasteiger partial charge in [0.25, 0.3) is 0 Å². The number of rotatable bonds is 3. The average molecular weight is 306 g/mol. The maximum absolute atomic E-state index is 12.2. The summed E-state index contributed by atoms with van der Waals surface area (Å²) in [6.45, 7) is 2.00. The van der Waals surface area contributed by atoms with E-state index in [2.05, 4.69) is 4.98 Å². The molecule has 1 aromatic carbocycles. The minimum atomic E-state index is -0.0249. The van der Waals surface area contributed by atoms with Crippen molar-refractivity contribution in [1.82, 2.24) is 4.98 Å². The Morgan fingerprint density at radius 3 is 3.00 bits per heavy atom. The molecule has 20 heavy (non-hydrogen) atoms. The molecule has 2 aromatic rings. The van der Waals surface area contributed by atoms with E-state index in [-0.39, 0.29) is 11.3 Å². The van der Waals surface area contributed by atoms with E-state index >= 15 is 0 Å². The lowest BCUT2D eigenvalue weighted by atomic mass is 10.2. The number of amides is 1. The van der Waals surface area contributed by atoms with Crippen molar-refractivity contribution in [2.75, 3.05) is 17.8 Å². The molecule has 0 aliphatic carbocycles. The van der Waals surface area contributed by atoms with Crippen molar-refractivity contribution in [3.63, 3.8) is 0 Å². The van der Waals surface area contributed by atoms with Crippen LogP contribution in [0.4, 0.5) is 5.13 Å². The Balaban J connectivity index is 1.97. The van der Waals surface area contributed by atoms with Crippen LogP contribution in [0.15, 0.2) is 30.5 Å². The molecule has 0 saturated carbocycles. The standard InChI is InChI=1S/C14H14N2O2S2/c1-9-7-15-14(20-9)16-12(17)8-19-13(16)10-4-3-5-11(6-10)18-2/h3-7,13H,8H2,1-2H3/t13-/m0/s1. The van der Waals surface area contributed by atoms with Gasteiger partial charge in [0.15, 0.2) is 5.13 Å². The van der Waals surface area contributed by atoms with E-state index < -0.39 is 0 Å². The minimum Gasteiger partial charge on any atom is -0.497 e. The molecule has 1 saturated heterocycles. The van der Waals surface area contributed by atoms with Gasteiger partial charge in [-0.15, -0.1) is 23.1 Å². The zero-order valence-electron chi connectivity index (χ0n) is 11.2. The van der Waals surface area contributed by atoms with Gasteiger partial charge in [-0.2, -0.15) is 0 Å². The van der Waals surface area contributed by atoms with E-state index in [0.29, 0.717) is 5.75 Å². The first kappa shape index (κ1) is 13.5. The molecule has 2 heterocycles. The van der Waals surface area contributed by atoms with E-state index in [0.717, 1.165) is 21.3 Å². The SMILES string of the molecule is COc1cccc([C@@H]2SCC(=O)N2c2ncc(C)s2)c1. The summed E-state index contributed by atoms with van der Waals surface area (Å²) in [5.74, 6) is 1.40. The molecule has 0 spiro atoms. The number of carbonyl (C=O) groups excluding carboxylic acids is 1. The summed E-state index contributed by atoms with van der Waals surface area (Å²) in [5, 5.41) is 0.744. The quantitative estimate of drug-likeness (QED) is 0.873. The first-order chi connectivity index (χ1) is 9.69. The van der Waals surface area contributed by atoms with E-state index in [1.807, 2.05) is 31.2 Å². The summed E-state index contributed by atoms with van der Waals surface area (Å²) >= 11 is 3.17. The fourth-order valence-electron chi connectivity index (χ4n) is 2.13. The second-order valence-corrected chi connectivity index (χ2v) is 6.74. The van der Waals surface area contributed by atoms with Crippen LogP contribution in [0.25, 0.3) is 0 Å². The number of anilines is 1. The number of hydrogen-bond acceptors (Lipinski definition) is 5. The van der Waals surface area contributed by atoms with Gasteiger partial charge in [0.2, 0.25) is 5.91 Å². The number of benzene rings is 1. The van der Waals surface area contributed by atoms with Gasteiger partial charge in [0.1, 0.15) is 11.1 Å². The first-order valence-electron chi connectivity index (χ1n) is 6.19. The topological polar surface area (TPSA) is 42.4 Å². The Bertz CT molecular complexity index is 642. The Kier molecular flexibility index (Phi) is 3.67. The third kappa shape index (κ3) is 2.41. The van der Waals surface area contributed by atoms with Crippen molar-refractivity contribution < 1.29 is 9.53 Å². The maximum Gasteiger partial charge on any atom is 0.240 e. The zero-order chi connectivity index (χ0) is 14.1. The number of thioether (sulfide) groups is 1. The highest BCUT2D eigenvalue weighted by molar-refractivity contribution is 8.00. The highest BCUT2D eigenvalue weighted by Crippen LogP contribution is 2.43. The van der Waals surface area contributed by atoms with Crippen molar-refractivity contribution in [3.05, 3.63) is 40.9 Å². The van der Waals surface area contributed by atoms with Crippen molar-refractivity contribution in [3.8, 4) is 5.75 Å². The number of carbonyl (C=O) groups is 1. The Morgan fingerprint density at radius 1 is 1.45 bits per heavy atom. The molecular weight excluding hydrogens is 292 g/mol. The smallest absolute Gasteiger partial charge is 0.240 e. The van der Waals surface area contributed by atoms with Crippen LogP contribution in [0.3, 0.4) is 0 Å². The summed E-state index contributed by atoms with van der Waals surface area (Å²) in [6.07, 6.45) is 1.80. The highest BCUT2D eigenvalue weighted by atomic mass is 32.2. The molecule has 1 fully saturated rings. The summed E-state index contributed by atoms with van der Waals surface area (Å²) in [4.78, 5) is 19.4. The first-order valence-corrected chi connectivity index (χ1v) is 8.05. The molecule has 0 unspecified atom stereocenters. The number of hydrogen-bond donors (Lipinski definition) is 0. The largest absolute Gasteiger partial charge is 0.497 e. The molecule has 1 amide bonds. The molecule has 0 bridgehead atoms. The third-order valence-corrected chi connectivity index (χ3v) is 5.19. The van der Waals surface area contributed by atoms with Gasteiger partial charge < -0.3 is 4.74 Å². The number of nitrogens with zero attached hydrogens (tertiary/aromatic N) is 2. The van der Waals surface area contributed by atoms with Gasteiger partial charge in [-0.05, 0) is 24.6 Å². The molecule has 3 rings (SSSR count). The molecule has 1 atom stereocenters. The van der Waals surface area contributed by atoms with E-state index in [4.69, 9.17) is 4.74 Å². The van der Waals surface area contributed by atoms with Crippen LogP contribution in [-0.2, 0) is 4.79 Å². The lowest BCUT2D eigenvalue weighted by molar-refractivity contribution is -0.115. The molecule has 1 aliphatic heterocycles. The summed E-state index contributed by atoms with van der Waals surface area (Å²) in [6, 6.07) is 7.85. The van der Waals surface area contributed by atoms with Crippen LogP contribution >= 0.6 is 23.1 Å². The molecule has 0 N–H and O–H groups in total. The van der Waals surface area contributed by atoms with Gasteiger partial charge in [0.05, 0.1) is 12.9 Å². The van der Waals surface area contributed by atoms with E-state index in [1.165, 1.54) is 0 Å². The fourth-order valence-corrected chi connectivity index (χ4v) is 4.14. The van der Waals surface area contributed by atoms with Gasteiger partial charge in [-0.25, -0.2) is 4.98 Å². The minimum absolute atomic E-state index is 0.0249. The summed E-state index contributed by atoms with van der Waals surface area (Å²) in [7, 11) is 1.65. The van der Waals surface area contributed by atoms with Crippen LogP contribution in [-0.4, -0.2) is 23.8 Å². The second kappa shape index (κ2) is 5.46. The van der Waals surface area contributed by atoms with Crippen LogP contribution in [0.1, 0.15) is 15.8 Å². The molecule has 4 nitrogen and oxygen atoms in total. The lowest BCUT2D eigenvalue weighted by Crippen LogP contribution is -2.27. The second-order valence-electron chi connectivity index (χ2n) is 4.46. The molecular formula is C14H14N2O2S2. The predicted molar refractivity (Wildman–Crippen MR) is 82.5 cm³/mol. The molecule has 104 valence electrons. The number of aromatic nitrogens is 1. The number of aryl methyl sites for hydroxylation is 1. The monoisotopic (exact) mass is 306 g/mol. The Hall–Kier alpha value is -1.53. The van der Waals surface area contributed by atoms with E-state index in [1.54, 1.807) is 41.3 Å². The Labute approximate surface area is 125 Å². The van der Waals surface area contributed by atoms with Crippen LogP contribution in [0.2, 0.25) is 0 Å². The third-order valence-electron chi connectivity index (χ3n) is 3.06. The normalized spacial score (nSPS) is 18.6. The predicted octanol–water partition coefficient (Wildman–Crippen LogP) is 3.24. The summed E-state index contributed by atoms with van der Waals surface area (Å²) < 4.78 is 5.26. The average Bonchev–Trinajstić information content (AvgIpc) is 3.04. The number of methoxy groups -OCH3 is 1. The molecule has 0 radical (unpaired) electrons. The van der Waals surface area contributed by atoms with Crippen molar-refractivity contribution in [2.24, 2.45) is 0 Å². The van der Waals surface area contributed by atoms with Crippen LogP contribution < -0.4 is 9.64 Å². The van der Waals surface area contributed by atoms with Crippen LogP contribution in [0.5, 0.6) is 5.75 Å². The van der Waals surface area contributed by atoms with Gasteiger partial charge >= 0.3 is 0 Å². The lowest BCUT2D eigenvalue weighted by Gasteiger charge is -2.21.